The molecule has 0 fully saturated rings. The third-order valence-corrected chi connectivity index (χ3v) is 2.43. The van der Waals surface area contributed by atoms with Gasteiger partial charge in [-0.3, -0.25) is 0 Å². The van der Waals surface area contributed by atoms with Gasteiger partial charge in [0.2, 0.25) is 0 Å². The van der Waals surface area contributed by atoms with Crippen LogP contribution in [0.3, 0.4) is 0 Å². The van der Waals surface area contributed by atoms with Crippen LogP contribution in [0.5, 0.6) is 17.2 Å². The highest BCUT2D eigenvalue weighted by molar-refractivity contribution is 5.45. The predicted molar refractivity (Wildman–Crippen MR) is 73.5 cm³/mol. The van der Waals surface area contributed by atoms with Crippen molar-refractivity contribution in [2.75, 3.05) is 19.8 Å². The fourth-order valence-electron chi connectivity index (χ4n) is 1.59. The molecule has 0 atom stereocenters. The van der Waals surface area contributed by atoms with E-state index < -0.39 is 0 Å². The summed E-state index contributed by atoms with van der Waals surface area (Å²) in [6.45, 7) is 9.68. The molecule has 0 amide bonds. The maximum atomic E-state index is 5.66. The van der Waals surface area contributed by atoms with Crippen molar-refractivity contribution >= 4 is 0 Å². The topological polar surface area (TPSA) is 27.7 Å². The molecule has 1 rings (SSSR count). The van der Waals surface area contributed by atoms with Gasteiger partial charge in [-0.15, -0.1) is 0 Å². The molecule has 3 heteroatoms. The summed E-state index contributed by atoms with van der Waals surface area (Å²) in [6.07, 6.45) is 3.08. The van der Waals surface area contributed by atoms with E-state index in [2.05, 4.69) is 6.92 Å². The van der Waals surface area contributed by atoms with Gasteiger partial charge in [0.05, 0.1) is 19.8 Å². The molecule has 18 heavy (non-hydrogen) atoms. The lowest BCUT2D eigenvalue weighted by atomic mass is 10.2. The summed E-state index contributed by atoms with van der Waals surface area (Å²) in [5.41, 5.74) is 0. The van der Waals surface area contributed by atoms with Gasteiger partial charge in [0.25, 0.3) is 0 Å². The summed E-state index contributed by atoms with van der Waals surface area (Å²) in [6, 6.07) is 5.70. The van der Waals surface area contributed by atoms with Crippen molar-refractivity contribution in [2.45, 2.75) is 33.1 Å². The Morgan fingerprint density at radius 1 is 0.944 bits per heavy atom. The zero-order valence-electron chi connectivity index (χ0n) is 11.4. The molecule has 1 radical (unpaired) electrons. The summed E-state index contributed by atoms with van der Waals surface area (Å²) in [7, 11) is 0. The Morgan fingerprint density at radius 2 is 1.67 bits per heavy atom. The first kappa shape index (κ1) is 14.7. The molecule has 0 saturated carbocycles. The molecule has 0 N–H and O–H groups in total. The fraction of sp³-hybridized carbons (Fsp3) is 0.533. The van der Waals surface area contributed by atoms with Gasteiger partial charge in [-0.1, -0.05) is 19.8 Å². The Hall–Kier alpha value is -1.38. The van der Waals surface area contributed by atoms with E-state index >= 15 is 0 Å². The van der Waals surface area contributed by atoms with Gasteiger partial charge in [-0.25, -0.2) is 0 Å². The Kier molecular flexibility index (Phi) is 7.07. The van der Waals surface area contributed by atoms with E-state index in [1.165, 1.54) is 0 Å². The molecule has 0 aromatic heterocycles. The van der Waals surface area contributed by atoms with Gasteiger partial charge in [0.1, 0.15) is 5.75 Å². The van der Waals surface area contributed by atoms with Crippen molar-refractivity contribution in [3.05, 3.63) is 25.1 Å². The Labute approximate surface area is 110 Å². The summed E-state index contributed by atoms with van der Waals surface area (Å²) >= 11 is 0. The minimum atomic E-state index is 0.616. The van der Waals surface area contributed by atoms with Gasteiger partial charge in [-0.2, -0.15) is 0 Å². The van der Waals surface area contributed by atoms with Crippen LogP contribution in [0.4, 0.5) is 0 Å². The molecular formula is C15H23O3. The minimum Gasteiger partial charge on any atom is -0.493 e. The summed E-state index contributed by atoms with van der Waals surface area (Å²) in [5, 5.41) is 0. The lowest BCUT2D eigenvalue weighted by Gasteiger charge is -2.13. The van der Waals surface area contributed by atoms with Crippen LogP contribution in [-0.4, -0.2) is 19.8 Å². The third-order valence-electron chi connectivity index (χ3n) is 2.43. The van der Waals surface area contributed by atoms with Gasteiger partial charge >= 0.3 is 0 Å². The van der Waals surface area contributed by atoms with Crippen molar-refractivity contribution in [2.24, 2.45) is 0 Å². The van der Waals surface area contributed by atoms with Crippen molar-refractivity contribution in [1.82, 2.24) is 0 Å². The lowest BCUT2D eigenvalue weighted by molar-refractivity contribution is 0.278. The average Bonchev–Trinajstić information content (AvgIpc) is 2.38. The molecule has 1 aromatic rings. The SMILES string of the molecule is [CH2]CCCCOc1ccc(OCC)c(OCC)c1. The third kappa shape index (κ3) is 4.86. The fourth-order valence-corrected chi connectivity index (χ4v) is 1.59. The molecule has 0 bridgehead atoms. The van der Waals surface area contributed by atoms with Crippen molar-refractivity contribution in [1.29, 1.82) is 0 Å². The van der Waals surface area contributed by atoms with E-state index in [1.54, 1.807) is 0 Å². The van der Waals surface area contributed by atoms with Gasteiger partial charge in [0.15, 0.2) is 11.5 Å². The number of unbranched alkanes of at least 4 members (excludes halogenated alkanes) is 2. The van der Waals surface area contributed by atoms with Crippen LogP contribution in [0, 0.1) is 6.92 Å². The van der Waals surface area contributed by atoms with Crippen LogP contribution >= 0.6 is 0 Å². The molecule has 0 aliphatic heterocycles. The van der Waals surface area contributed by atoms with Gasteiger partial charge < -0.3 is 14.2 Å². The van der Waals surface area contributed by atoms with Gasteiger partial charge in [-0.05, 0) is 32.4 Å². The quantitative estimate of drug-likeness (QED) is 0.624. The van der Waals surface area contributed by atoms with E-state index in [0.29, 0.717) is 13.2 Å². The number of rotatable bonds is 9. The van der Waals surface area contributed by atoms with Crippen LogP contribution in [0.1, 0.15) is 33.1 Å². The minimum absolute atomic E-state index is 0.616. The van der Waals surface area contributed by atoms with Crippen molar-refractivity contribution < 1.29 is 14.2 Å². The van der Waals surface area contributed by atoms with Crippen LogP contribution in [0.25, 0.3) is 0 Å². The second-order valence-electron chi connectivity index (χ2n) is 3.88. The van der Waals surface area contributed by atoms with Gasteiger partial charge in [0, 0.05) is 6.07 Å². The number of hydrogen-bond acceptors (Lipinski definition) is 3. The van der Waals surface area contributed by atoms with E-state index in [9.17, 15) is 0 Å². The molecule has 0 aliphatic rings. The molecule has 0 saturated heterocycles. The molecule has 101 valence electrons. The molecule has 3 nitrogen and oxygen atoms in total. The highest BCUT2D eigenvalue weighted by Gasteiger charge is 2.06. The zero-order chi connectivity index (χ0) is 13.2. The number of benzene rings is 1. The van der Waals surface area contributed by atoms with Crippen LogP contribution in [0.15, 0.2) is 18.2 Å². The normalized spacial score (nSPS) is 10.2. The van der Waals surface area contributed by atoms with Crippen LogP contribution in [0.2, 0.25) is 0 Å². The monoisotopic (exact) mass is 251 g/mol. The van der Waals surface area contributed by atoms with E-state index in [1.807, 2.05) is 32.0 Å². The Bertz CT molecular complexity index is 337. The standard InChI is InChI=1S/C15H23O3/c1-4-7-8-11-18-13-9-10-14(16-5-2)15(12-13)17-6-3/h9-10,12H,1,4-8,11H2,2-3H3. The van der Waals surface area contributed by atoms with Crippen LogP contribution < -0.4 is 14.2 Å². The maximum Gasteiger partial charge on any atom is 0.164 e. The van der Waals surface area contributed by atoms with E-state index in [4.69, 9.17) is 14.2 Å². The summed E-state index contributed by atoms with van der Waals surface area (Å²) < 4.78 is 16.7. The predicted octanol–water partition coefficient (Wildman–Crippen LogP) is 3.87. The summed E-state index contributed by atoms with van der Waals surface area (Å²) in [4.78, 5) is 0. The van der Waals surface area contributed by atoms with E-state index in [-0.39, 0.29) is 0 Å². The second kappa shape index (κ2) is 8.67. The smallest absolute Gasteiger partial charge is 0.164 e. The highest BCUT2D eigenvalue weighted by Crippen LogP contribution is 2.31. The van der Waals surface area contributed by atoms with Crippen LogP contribution in [-0.2, 0) is 0 Å². The first-order chi connectivity index (χ1) is 8.81. The first-order valence-electron chi connectivity index (χ1n) is 6.63. The molecule has 0 spiro atoms. The lowest BCUT2D eigenvalue weighted by Crippen LogP contribution is -2.01. The highest BCUT2D eigenvalue weighted by atomic mass is 16.5. The molecular weight excluding hydrogens is 228 g/mol. The largest absolute Gasteiger partial charge is 0.493 e. The maximum absolute atomic E-state index is 5.66. The average molecular weight is 251 g/mol. The molecule has 0 aliphatic carbocycles. The Balaban J connectivity index is 2.61. The van der Waals surface area contributed by atoms with Crippen molar-refractivity contribution in [3.8, 4) is 17.2 Å². The Morgan fingerprint density at radius 3 is 2.33 bits per heavy atom. The van der Waals surface area contributed by atoms with E-state index in [0.717, 1.165) is 43.1 Å². The first-order valence-corrected chi connectivity index (χ1v) is 6.63. The van der Waals surface area contributed by atoms with Crippen molar-refractivity contribution in [3.63, 3.8) is 0 Å². The molecule has 0 heterocycles. The second-order valence-corrected chi connectivity index (χ2v) is 3.88. The zero-order valence-corrected chi connectivity index (χ0v) is 11.4. The molecule has 1 aromatic carbocycles. The summed E-state index contributed by atoms with van der Waals surface area (Å²) in [5.74, 6) is 2.34. The number of ether oxygens (including phenoxy) is 3. The molecule has 0 unspecified atom stereocenters. The number of hydrogen-bond donors (Lipinski definition) is 0.